The molecule has 2 rings (SSSR count). The first-order valence-corrected chi connectivity index (χ1v) is 10.6. The van der Waals surface area contributed by atoms with Crippen LogP contribution in [0.5, 0.6) is 0 Å². The van der Waals surface area contributed by atoms with Gasteiger partial charge in [0.2, 0.25) is 13.6 Å². The molecule has 1 atom stereocenters. The summed E-state index contributed by atoms with van der Waals surface area (Å²) in [6.07, 6.45) is 0. The second-order valence-electron chi connectivity index (χ2n) is 5.02. The number of carbonyl (C=O) groups is 1. The number of sulfone groups is 1. The molecule has 0 saturated heterocycles. The van der Waals surface area contributed by atoms with E-state index in [2.05, 4.69) is 5.32 Å². The maximum Gasteiger partial charge on any atom is 0.253 e. The van der Waals surface area contributed by atoms with Crippen molar-refractivity contribution < 1.29 is 13.2 Å². The fourth-order valence-electron chi connectivity index (χ4n) is 1.97. The molecular weight excluding hydrogens is 487 g/mol. The molecule has 0 aliphatic heterocycles. The number of halogens is 6. The van der Waals surface area contributed by atoms with E-state index in [1.807, 2.05) is 0 Å². The summed E-state index contributed by atoms with van der Waals surface area (Å²) >= 11 is 35.0. The van der Waals surface area contributed by atoms with Crippen molar-refractivity contribution in [1.82, 2.24) is 5.32 Å². The lowest BCUT2D eigenvalue weighted by molar-refractivity contribution is 0.0948. The molecule has 26 heavy (non-hydrogen) atoms. The summed E-state index contributed by atoms with van der Waals surface area (Å²) in [7, 11) is -4.26. The summed E-state index contributed by atoms with van der Waals surface area (Å²) in [5.41, 5.74) is -0.0263. The number of alkyl halides is 3. The molecule has 0 saturated carbocycles. The van der Waals surface area contributed by atoms with Crippen molar-refractivity contribution in [2.45, 2.75) is 14.1 Å². The molecule has 0 spiro atoms. The van der Waals surface area contributed by atoms with E-state index < -0.39 is 24.9 Å². The Morgan fingerprint density at radius 1 is 0.923 bits per heavy atom. The Bertz CT molecular complexity index is 925. The summed E-state index contributed by atoms with van der Waals surface area (Å²) < 4.78 is 23.3. The number of amides is 1. The SMILES string of the molecule is O=C(N[C@H](C(Cl)(Cl)Cl)S(=O)(=O)c1ccc(Cl)cc1)c1ccc(Cl)cc1Cl. The zero-order chi connectivity index (χ0) is 19.7. The van der Waals surface area contributed by atoms with Gasteiger partial charge in [0.25, 0.3) is 5.91 Å². The molecule has 2 aromatic rings. The topological polar surface area (TPSA) is 63.2 Å². The van der Waals surface area contributed by atoms with E-state index in [1.165, 1.54) is 42.5 Å². The Hall–Kier alpha value is -0.400. The third-order valence-corrected chi connectivity index (χ3v) is 7.05. The molecule has 0 heterocycles. The van der Waals surface area contributed by atoms with E-state index in [0.29, 0.717) is 10.0 Å². The molecule has 140 valence electrons. The van der Waals surface area contributed by atoms with Gasteiger partial charge in [0.05, 0.1) is 15.5 Å². The fraction of sp³-hybridized carbons (Fsp3) is 0.133. The van der Waals surface area contributed by atoms with Gasteiger partial charge in [0, 0.05) is 10.0 Å². The Morgan fingerprint density at radius 3 is 1.96 bits per heavy atom. The first kappa shape index (κ1) is 21.9. The standard InChI is InChI=1S/C15H9Cl6NO3S/c16-8-1-4-10(5-2-8)26(24,25)14(15(19,20)21)22-13(23)11-6-3-9(17)7-12(11)18/h1-7,14H,(H,22,23)/t14-/m0/s1. The molecular formula is C15H9Cl6NO3S. The molecule has 1 N–H and O–H groups in total. The van der Waals surface area contributed by atoms with Crippen LogP contribution in [0.25, 0.3) is 0 Å². The molecule has 11 heteroatoms. The Balaban J connectivity index is 2.42. The van der Waals surface area contributed by atoms with E-state index in [1.54, 1.807) is 0 Å². The van der Waals surface area contributed by atoms with E-state index in [9.17, 15) is 13.2 Å². The van der Waals surface area contributed by atoms with Crippen LogP contribution in [0.4, 0.5) is 0 Å². The van der Waals surface area contributed by atoms with Crippen LogP contribution in [-0.4, -0.2) is 23.5 Å². The average Bonchev–Trinajstić information content (AvgIpc) is 2.51. The predicted molar refractivity (Wildman–Crippen MR) is 107 cm³/mol. The normalized spacial score (nSPS) is 13.3. The van der Waals surface area contributed by atoms with Crippen LogP contribution < -0.4 is 5.32 Å². The molecule has 0 aliphatic carbocycles. The minimum atomic E-state index is -4.26. The molecule has 0 aliphatic rings. The highest BCUT2D eigenvalue weighted by molar-refractivity contribution is 7.92. The lowest BCUT2D eigenvalue weighted by atomic mass is 10.2. The van der Waals surface area contributed by atoms with Crippen molar-refractivity contribution in [3.8, 4) is 0 Å². The van der Waals surface area contributed by atoms with Gasteiger partial charge >= 0.3 is 0 Å². The molecule has 2 aromatic carbocycles. The first-order valence-electron chi connectivity index (χ1n) is 6.75. The summed E-state index contributed by atoms with van der Waals surface area (Å²) in [6.45, 7) is 0. The number of rotatable bonds is 4. The minimum Gasteiger partial charge on any atom is -0.332 e. The third kappa shape index (κ3) is 5.10. The maximum atomic E-state index is 12.8. The molecule has 0 radical (unpaired) electrons. The van der Waals surface area contributed by atoms with E-state index in [-0.39, 0.29) is 15.5 Å². The average molecular weight is 496 g/mol. The van der Waals surface area contributed by atoms with Gasteiger partial charge < -0.3 is 5.32 Å². The second-order valence-corrected chi connectivity index (χ2v) is 10.7. The Kier molecular flexibility index (Phi) is 7.00. The number of hydrogen-bond donors (Lipinski definition) is 1. The van der Waals surface area contributed by atoms with Gasteiger partial charge in [-0.3, -0.25) is 4.79 Å². The van der Waals surface area contributed by atoms with Gasteiger partial charge in [-0.25, -0.2) is 8.42 Å². The van der Waals surface area contributed by atoms with Gasteiger partial charge in [-0.2, -0.15) is 0 Å². The predicted octanol–water partition coefficient (Wildman–Crippen LogP) is 5.55. The van der Waals surface area contributed by atoms with Crippen LogP contribution >= 0.6 is 69.6 Å². The molecule has 0 unspecified atom stereocenters. The second kappa shape index (κ2) is 8.31. The van der Waals surface area contributed by atoms with Crippen molar-refractivity contribution in [2.24, 2.45) is 0 Å². The lowest BCUT2D eigenvalue weighted by Gasteiger charge is -2.25. The third-order valence-electron chi connectivity index (χ3n) is 3.19. The summed E-state index contributed by atoms with van der Waals surface area (Å²) in [5, 5.41) is 0.974. The van der Waals surface area contributed by atoms with Gasteiger partial charge in [-0.1, -0.05) is 69.6 Å². The molecule has 0 fully saturated rings. The van der Waals surface area contributed by atoms with Crippen molar-refractivity contribution >= 4 is 85.4 Å². The first-order chi connectivity index (χ1) is 11.9. The highest BCUT2D eigenvalue weighted by Gasteiger charge is 2.44. The van der Waals surface area contributed by atoms with E-state index >= 15 is 0 Å². The van der Waals surface area contributed by atoms with E-state index in [0.717, 1.165) is 0 Å². The van der Waals surface area contributed by atoms with Crippen LogP contribution in [0.3, 0.4) is 0 Å². The quantitative estimate of drug-likeness (QED) is 0.566. The van der Waals surface area contributed by atoms with Crippen molar-refractivity contribution in [1.29, 1.82) is 0 Å². The molecule has 4 nitrogen and oxygen atoms in total. The summed E-state index contributed by atoms with van der Waals surface area (Å²) in [5.74, 6) is -0.847. The number of hydrogen-bond acceptors (Lipinski definition) is 3. The van der Waals surface area contributed by atoms with Crippen LogP contribution in [-0.2, 0) is 9.84 Å². The molecule has 0 aromatic heterocycles. The highest BCUT2D eigenvalue weighted by Crippen LogP contribution is 2.36. The highest BCUT2D eigenvalue weighted by atomic mass is 35.6. The number of benzene rings is 2. The summed E-state index contributed by atoms with van der Waals surface area (Å²) in [6, 6.07) is 9.27. The van der Waals surface area contributed by atoms with Crippen LogP contribution in [0, 0.1) is 0 Å². The largest absolute Gasteiger partial charge is 0.332 e. The smallest absolute Gasteiger partial charge is 0.253 e. The Labute approximate surface area is 180 Å². The van der Waals surface area contributed by atoms with Gasteiger partial charge in [0.1, 0.15) is 0 Å². The van der Waals surface area contributed by atoms with Gasteiger partial charge in [-0.05, 0) is 42.5 Å². The summed E-state index contributed by atoms with van der Waals surface area (Å²) in [4.78, 5) is 12.3. The van der Waals surface area contributed by atoms with Crippen molar-refractivity contribution in [2.75, 3.05) is 0 Å². The lowest BCUT2D eigenvalue weighted by Crippen LogP contribution is -2.49. The zero-order valence-electron chi connectivity index (χ0n) is 12.5. The van der Waals surface area contributed by atoms with Crippen LogP contribution in [0.15, 0.2) is 47.4 Å². The van der Waals surface area contributed by atoms with Gasteiger partial charge in [0.15, 0.2) is 5.37 Å². The maximum absolute atomic E-state index is 12.8. The van der Waals surface area contributed by atoms with Gasteiger partial charge in [-0.15, -0.1) is 0 Å². The molecule has 0 bridgehead atoms. The zero-order valence-corrected chi connectivity index (χ0v) is 17.9. The Morgan fingerprint density at radius 2 is 1.46 bits per heavy atom. The van der Waals surface area contributed by atoms with Crippen LogP contribution in [0.2, 0.25) is 15.1 Å². The monoisotopic (exact) mass is 493 g/mol. The minimum absolute atomic E-state index is 0.0157. The van der Waals surface area contributed by atoms with E-state index in [4.69, 9.17) is 69.6 Å². The fourth-order valence-corrected chi connectivity index (χ4v) is 5.21. The number of carbonyl (C=O) groups excluding carboxylic acids is 1. The van der Waals surface area contributed by atoms with Crippen molar-refractivity contribution in [3.63, 3.8) is 0 Å². The van der Waals surface area contributed by atoms with Crippen molar-refractivity contribution in [3.05, 3.63) is 63.1 Å². The van der Waals surface area contributed by atoms with Crippen LogP contribution in [0.1, 0.15) is 10.4 Å². The number of nitrogens with one attached hydrogen (secondary N) is 1. The molecule has 1 amide bonds.